The fourth-order valence-electron chi connectivity index (χ4n) is 2.98. The summed E-state index contributed by atoms with van der Waals surface area (Å²) >= 11 is 0. The largest absolute Gasteiger partial charge is 0.393 e. The zero-order chi connectivity index (χ0) is 10.2. The standard InChI is InChI=1S/C11H20O3/c1-11(13)5-2-3-9(11)8-7-14-6-4-10(8)12/h8-10,12-13H,2-7H2,1H3. The van der Waals surface area contributed by atoms with Gasteiger partial charge in [-0.05, 0) is 32.1 Å². The molecule has 0 amide bonds. The van der Waals surface area contributed by atoms with Crippen molar-refractivity contribution in [3.63, 3.8) is 0 Å². The first-order valence-corrected chi connectivity index (χ1v) is 5.59. The molecule has 3 nitrogen and oxygen atoms in total. The lowest BCUT2D eigenvalue weighted by atomic mass is 9.77. The molecule has 2 aliphatic rings. The predicted octanol–water partition coefficient (Wildman–Crippen LogP) is 0.935. The Hall–Kier alpha value is -0.120. The Balaban J connectivity index is 2.05. The summed E-state index contributed by atoms with van der Waals surface area (Å²) < 4.78 is 5.39. The number of rotatable bonds is 1. The first-order valence-electron chi connectivity index (χ1n) is 5.59. The van der Waals surface area contributed by atoms with E-state index < -0.39 is 5.60 Å². The Morgan fingerprint density at radius 1 is 1.36 bits per heavy atom. The smallest absolute Gasteiger partial charge is 0.0652 e. The highest BCUT2D eigenvalue weighted by Gasteiger charge is 2.44. The Labute approximate surface area is 85.1 Å². The van der Waals surface area contributed by atoms with Crippen molar-refractivity contribution in [3.8, 4) is 0 Å². The van der Waals surface area contributed by atoms with Gasteiger partial charge in [-0.3, -0.25) is 0 Å². The molecular formula is C11H20O3. The average Bonchev–Trinajstić information content (AvgIpc) is 2.46. The van der Waals surface area contributed by atoms with Crippen LogP contribution in [-0.4, -0.2) is 35.1 Å². The van der Waals surface area contributed by atoms with Crippen LogP contribution in [0.5, 0.6) is 0 Å². The summed E-state index contributed by atoms with van der Waals surface area (Å²) in [5.74, 6) is 0.360. The van der Waals surface area contributed by atoms with Crippen molar-refractivity contribution in [1.29, 1.82) is 0 Å². The third-order valence-electron chi connectivity index (χ3n) is 3.88. The van der Waals surface area contributed by atoms with E-state index in [0.717, 1.165) is 25.7 Å². The maximum Gasteiger partial charge on any atom is 0.0652 e. The van der Waals surface area contributed by atoms with Crippen molar-refractivity contribution >= 4 is 0 Å². The summed E-state index contributed by atoms with van der Waals surface area (Å²) in [7, 11) is 0. The van der Waals surface area contributed by atoms with Crippen molar-refractivity contribution in [2.75, 3.05) is 13.2 Å². The van der Waals surface area contributed by atoms with Gasteiger partial charge in [0.05, 0.1) is 18.3 Å². The van der Waals surface area contributed by atoms with Crippen LogP contribution < -0.4 is 0 Å². The van der Waals surface area contributed by atoms with E-state index in [1.54, 1.807) is 0 Å². The van der Waals surface area contributed by atoms with Gasteiger partial charge in [-0.15, -0.1) is 0 Å². The van der Waals surface area contributed by atoms with E-state index in [1.165, 1.54) is 0 Å². The highest BCUT2D eigenvalue weighted by Crippen LogP contribution is 2.42. The van der Waals surface area contributed by atoms with Gasteiger partial charge in [0.1, 0.15) is 0 Å². The third kappa shape index (κ3) is 1.81. The molecule has 0 spiro atoms. The summed E-state index contributed by atoms with van der Waals surface area (Å²) in [6.45, 7) is 3.17. The molecule has 82 valence electrons. The average molecular weight is 200 g/mol. The van der Waals surface area contributed by atoms with Crippen molar-refractivity contribution in [2.24, 2.45) is 11.8 Å². The van der Waals surface area contributed by atoms with E-state index >= 15 is 0 Å². The molecule has 4 unspecified atom stereocenters. The van der Waals surface area contributed by atoms with Crippen LogP contribution in [-0.2, 0) is 4.74 Å². The van der Waals surface area contributed by atoms with E-state index in [1.807, 2.05) is 6.92 Å². The minimum absolute atomic E-state index is 0.140. The molecule has 1 heterocycles. The molecule has 0 aromatic heterocycles. The van der Waals surface area contributed by atoms with E-state index in [-0.39, 0.29) is 17.9 Å². The molecule has 1 saturated carbocycles. The van der Waals surface area contributed by atoms with E-state index in [0.29, 0.717) is 13.2 Å². The van der Waals surface area contributed by atoms with Gasteiger partial charge < -0.3 is 14.9 Å². The zero-order valence-corrected chi connectivity index (χ0v) is 8.78. The minimum atomic E-state index is -0.591. The van der Waals surface area contributed by atoms with Crippen LogP contribution in [0.25, 0.3) is 0 Å². The molecule has 14 heavy (non-hydrogen) atoms. The van der Waals surface area contributed by atoms with Crippen LogP contribution >= 0.6 is 0 Å². The summed E-state index contributed by atoms with van der Waals surface area (Å²) in [5.41, 5.74) is -0.591. The second-order valence-electron chi connectivity index (χ2n) is 4.95. The van der Waals surface area contributed by atoms with Crippen LogP contribution in [0.4, 0.5) is 0 Å². The fraction of sp³-hybridized carbons (Fsp3) is 1.00. The van der Waals surface area contributed by atoms with Crippen LogP contribution in [0.3, 0.4) is 0 Å². The Morgan fingerprint density at radius 3 is 2.71 bits per heavy atom. The number of ether oxygens (including phenoxy) is 1. The molecule has 4 atom stereocenters. The normalized spacial score (nSPS) is 49.5. The molecule has 2 rings (SSSR count). The first kappa shape index (κ1) is 10.4. The van der Waals surface area contributed by atoms with E-state index in [9.17, 15) is 10.2 Å². The number of aliphatic hydroxyl groups excluding tert-OH is 1. The maximum absolute atomic E-state index is 10.2. The van der Waals surface area contributed by atoms with Crippen LogP contribution in [0, 0.1) is 11.8 Å². The molecular weight excluding hydrogens is 180 g/mol. The molecule has 2 fully saturated rings. The van der Waals surface area contributed by atoms with Gasteiger partial charge in [0.15, 0.2) is 0 Å². The molecule has 0 radical (unpaired) electrons. The predicted molar refractivity (Wildman–Crippen MR) is 52.9 cm³/mol. The molecule has 2 N–H and O–H groups in total. The molecule has 1 aliphatic heterocycles. The second kappa shape index (κ2) is 3.80. The number of hydrogen-bond donors (Lipinski definition) is 2. The number of aliphatic hydroxyl groups is 2. The van der Waals surface area contributed by atoms with Crippen molar-refractivity contribution in [2.45, 2.75) is 44.3 Å². The Kier molecular flexibility index (Phi) is 2.82. The van der Waals surface area contributed by atoms with E-state index in [2.05, 4.69) is 0 Å². The molecule has 1 saturated heterocycles. The van der Waals surface area contributed by atoms with Crippen molar-refractivity contribution < 1.29 is 14.9 Å². The van der Waals surface area contributed by atoms with Crippen LogP contribution in [0.15, 0.2) is 0 Å². The maximum atomic E-state index is 10.2. The lowest BCUT2D eigenvalue weighted by Crippen LogP contribution is -2.44. The first-order chi connectivity index (χ1) is 6.61. The van der Waals surface area contributed by atoms with Gasteiger partial charge in [-0.2, -0.15) is 0 Å². The Morgan fingerprint density at radius 2 is 2.14 bits per heavy atom. The third-order valence-corrected chi connectivity index (χ3v) is 3.88. The summed E-state index contributed by atoms with van der Waals surface area (Å²) in [6, 6.07) is 0. The molecule has 0 aromatic carbocycles. The van der Waals surface area contributed by atoms with Crippen molar-refractivity contribution in [1.82, 2.24) is 0 Å². The fourth-order valence-corrected chi connectivity index (χ4v) is 2.98. The van der Waals surface area contributed by atoms with Crippen molar-refractivity contribution in [3.05, 3.63) is 0 Å². The Bertz CT molecular complexity index is 203. The minimum Gasteiger partial charge on any atom is -0.393 e. The SMILES string of the molecule is CC1(O)CCCC1C1COCCC1O. The quantitative estimate of drug-likeness (QED) is 0.662. The lowest BCUT2D eigenvalue weighted by Gasteiger charge is -2.38. The van der Waals surface area contributed by atoms with E-state index in [4.69, 9.17) is 4.74 Å². The lowest BCUT2D eigenvalue weighted by molar-refractivity contribution is -0.0998. The van der Waals surface area contributed by atoms with Gasteiger partial charge in [0.25, 0.3) is 0 Å². The highest BCUT2D eigenvalue weighted by atomic mass is 16.5. The van der Waals surface area contributed by atoms with Crippen LogP contribution in [0.2, 0.25) is 0 Å². The van der Waals surface area contributed by atoms with Gasteiger partial charge >= 0.3 is 0 Å². The molecule has 3 heteroatoms. The summed E-state index contributed by atoms with van der Waals surface area (Å²) in [6.07, 6.45) is 3.40. The molecule has 1 aliphatic carbocycles. The second-order valence-corrected chi connectivity index (χ2v) is 4.95. The van der Waals surface area contributed by atoms with Gasteiger partial charge in [0.2, 0.25) is 0 Å². The topological polar surface area (TPSA) is 49.7 Å². The summed E-state index contributed by atoms with van der Waals surface area (Å²) in [4.78, 5) is 0. The summed E-state index contributed by atoms with van der Waals surface area (Å²) in [5, 5.41) is 20.0. The zero-order valence-electron chi connectivity index (χ0n) is 8.78. The molecule has 0 aromatic rings. The number of hydrogen-bond acceptors (Lipinski definition) is 3. The highest BCUT2D eigenvalue weighted by molar-refractivity contribution is 4.95. The van der Waals surface area contributed by atoms with Gasteiger partial charge in [-0.1, -0.05) is 6.42 Å². The van der Waals surface area contributed by atoms with Gasteiger partial charge in [-0.25, -0.2) is 0 Å². The monoisotopic (exact) mass is 200 g/mol. The molecule has 0 bridgehead atoms. The van der Waals surface area contributed by atoms with Crippen LogP contribution in [0.1, 0.15) is 32.6 Å². The van der Waals surface area contributed by atoms with Gasteiger partial charge in [0, 0.05) is 12.5 Å².